The molecule has 0 bridgehead atoms. The molecule has 0 aliphatic rings. The van der Waals surface area contributed by atoms with Gasteiger partial charge in [-0.05, 0) is 31.0 Å². The van der Waals surface area contributed by atoms with E-state index in [1.54, 1.807) is 6.20 Å². The Morgan fingerprint density at radius 2 is 2.21 bits per heavy atom. The van der Waals surface area contributed by atoms with Crippen LogP contribution in [0.2, 0.25) is 0 Å². The summed E-state index contributed by atoms with van der Waals surface area (Å²) in [6.45, 7) is 0.128. The molecular weight excluding hydrogens is 242 g/mol. The van der Waals surface area contributed by atoms with Crippen molar-refractivity contribution in [3.05, 3.63) is 36.5 Å². The van der Waals surface area contributed by atoms with E-state index in [-0.39, 0.29) is 12.5 Å². The Kier molecular flexibility index (Phi) is 4.69. The first-order chi connectivity index (χ1) is 9.29. The third-order valence-corrected chi connectivity index (χ3v) is 2.77. The molecule has 3 N–H and O–H groups in total. The molecule has 0 radical (unpaired) electrons. The second-order valence-electron chi connectivity index (χ2n) is 4.28. The van der Waals surface area contributed by atoms with Crippen molar-refractivity contribution in [3.63, 3.8) is 0 Å². The Labute approximate surface area is 111 Å². The number of aromatic amines is 1. The molecule has 0 saturated heterocycles. The fraction of sp³-hybridized carbons (Fsp3) is 0.286. The fourth-order valence-corrected chi connectivity index (χ4v) is 1.80. The van der Waals surface area contributed by atoms with Crippen LogP contribution < -0.4 is 5.32 Å². The summed E-state index contributed by atoms with van der Waals surface area (Å²) >= 11 is 0. The van der Waals surface area contributed by atoms with Crippen LogP contribution in [0, 0.1) is 0 Å². The third kappa shape index (κ3) is 3.93. The highest BCUT2D eigenvalue weighted by molar-refractivity contribution is 5.91. The first-order valence-electron chi connectivity index (χ1n) is 6.30. The van der Waals surface area contributed by atoms with Crippen molar-refractivity contribution in [1.82, 2.24) is 10.2 Å². The Hall–Kier alpha value is -2.14. The molecular formula is C14H17N3O2. The second kappa shape index (κ2) is 6.70. The summed E-state index contributed by atoms with van der Waals surface area (Å²) in [7, 11) is 0. The van der Waals surface area contributed by atoms with Gasteiger partial charge in [-0.15, -0.1) is 0 Å². The summed E-state index contributed by atoms with van der Waals surface area (Å²) in [4.78, 5) is 11.7. The zero-order chi connectivity index (χ0) is 13.5. The van der Waals surface area contributed by atoms with Gasteiger partial charge < -0.3 is 10.4 Å². The van der Waals surface area contributed by atoms with E-state index in [0.29, 0.717) is 19.3 Å². The number of benzene rings is 1. The normalized spacial score (nSPS) is 10.4. The molecule has 0 atom stereocenters. The van der Waals surface area contributed by atoms with Crippen LogP contribution in [0.5, 0.6) is 0 Å². The second-order valence-corrected chi connectivity index (χ2v) is 4.28. The van der Waals surface area contributed by atoms with Crippen molar-refractivity contribution in [2.24, 2.45) is 0 Å². The summed E-state index contributed by atoms with van der Waals surface area (Å²) in [6, 6.07) is 9.47. The zero-order valence-corrected chi connectivity index (χ0v) is 10.6. The molecule has 2 rings (SSSR count). The van der Waals surface area contributed by atoms with Crippen molar-refractivity contribution >= 4 is 11.6 Å². The summed E-state index contributed by atoms with van der Waals surface area (Å²) in [5.41, 5.74) is 2.66. The highest BCUT2D eigenvalue weighted by Gasteiger charge is 2.04. The number of H-pyrrole nitrogens is 1. The van der Waals surface area contributed by atoms with Gasteiger partial charge in [0.25, 0.3) is 0 Å². The number of aliphatic hydroxyl groups excluding tert-OH is 1. The quantitative estimate of drug-likeness (QED) is 0.696. The smallest absolute Gasteiger partial charge is 0.224 e. The Morgan fingerprint density at radius 3 is 2.95 bits per heavy atom. The van der Waals surface area contributed by atoms with Crippen LogP contribution in [-0.2, 0) is 4.79 Å². The molecule has 0 aliphatic carbocycles. The number of hydrogen-bond acceptors (Lipinski definition) is 3. The molecule has 1 heterocycles. The number of nitrogens with zero attached hydrogens (tertiary/aromatic N) is 1. The lowest BCUT2D eigenvalue weighted by Gasteiger charge is -2.06. The van der Waals surface area contributed by atoms with E-state index in [9.17, 15) is 4.79 Å². The van der Waals surface area contributed by atoms with E-state index in [1.807, 2.05) is 30.3 Å². The van der Waals surface area contributed by atoms with E-state index in [2.05, 4.69) is 15.5 Å². The topological polar surface area (TPSA) is 78.0 Å². The highest BCUT2D eigenvalue weighted by atomic mass is 16.2. The molecule has 0 saturated carbocycles. The third-order valence-electron chi connectivity index (χ3n) is 2.77. The van der Waals surface area contributed by atoms with Gasteiger partial charge in [0, 0.05) is 30.5 Å². The van der Waals surface area contributed by atoms with E-state index in [4.69, 9.17) is 5.11 Å². The molecule has 0 aliphatic heterocycles. The summed E-state index contributed by atoms with van der Waals surface area (Å²) < 4.78 is 0. The van der Waals surface area contributed by atoms with Crippen LogP contribution in [0.15, 0.2) is 36.5 Å². The van der Waals surface area contributed by atoms with Gasteiger partial charge in [-0.25, -0.2) is 0 Å². The number of aliphatic hydroxyl groups is 1. The molecule has 5 heteroatoms. The standard InChI is InChI=1S/C14H17N3O2/c18-9-2-1-6-14(19)16-12-5-3-4-11(10-12)13-7-8-15-17-13/h3-5,7-8,10,18H,1-2,6,9H2,(H,15,17)(H,16,19). The lowest BCUT2D eigenvalue weighted by Crippen LogP contribution is -2.11. The number of carbonyl (C=O) groups excluding carboxylic acids is 1. The molecule has 1 aromatic heterocycles. The zero-order valence-electron chi connectivity index (χ0n) is 10.6. The van der Waals surface area contributed by atoms with Crippen molar-refractivity contribution in [2.45, 2.75) is 19.3 Å². The molecule has 1 amide bonds. The predicted molar refractivity (Wildman–Crippen MR) is 73.6 cm³/mol. The molecule has 1 aromatic carbocycles. The van der Waals surface area contributed by atoms with E-state index in [1.165, 1.54) is 0 Å². The minimum Gasteiger partial charge on any atom is -0.396 e. The van der Waals surface area contributed by atoms with Gasteiger partial charge in [0.05, 0.1) is 5.69 Å². The maximum atomic E-state index is 11.7. The first kappa shape index (κ1) is 13.3. The van der Waals surface area contributed by atoms with Gasteiger partial charge >= 0.3 is 0 Å². The SMILES string of the molecule is O=C(CCCCO)Nc1cccc(-c2ccn[nH]2)c1. The van der Waals surface area contributed by atoms with Crippen LogP contribution in [0.1, 0.15) is 19.3 Å². The molecule has 100 valence electrons. The minimum absolute atomic E-state index is 0.0322. The number of nitrogens with one attached hydrogen (secondary N) is 2. The van der Waals surface area contributed by atoms with E-state index >= 15 is 0 Å². The highest BCUT2D eigenvalue weighted by Crippen LogP contribution is 2.20. The molecule has 5 nitrogen and oxygen atoms in total. The van der Waals surface area contributed by atoms with Crippen molar-refractivity contribution < 1.29 is 9.90 Å². The summed E-state index contributed by atoms with van der Waals surface area (Å²) in [5, 5.41) is 18.3. The number of amides is 1. The van der Waals surface area contributed by atoms with E-state index < -0.39 is 0 Å². The monoisotopic (exact) mass is 259 g/mol. The lowest BCUT2D eigenvalue weighted by atomic mass is 10.1. The number of carbonyl (C=O) groups is 1. The van der Waals surface area contributed by atoms with Crippen LogP contribution in [0.25, 0.3) is 11.3 Å². The minimum atomic E-state index is -0.0322. The fourth-order valence-electron chi connectivity index (χ4n) is 1.80. The van der Waals surface area contributed by atoms with Crippen molar-refractivity contribution in [2.75, 3.05) is 11.9 Å². The maximum Gasteiger partial charge on any atom is 0.224 e. The number of unbranched alkanes of at least 4 members (excludes halogenated alkanes) is 1. The molecule has 2 aromatic rings. The summed E-state index contributed by atoms with van der Waals surface area (Å²) in [6.07, 6.45) is 3.47. The average molecular weight is 259 g/mol. The molecule has 19 heavy (non-hydrogen) atoms. The van der Waals surface area contributed by atoms with Crippen LogP contribution in [0.4, 0.5) is 5.69 Å². The van der Waals surface area contributed by atoms with Crippen LogP contribution in [0.3, 0.4) is 0 Å². The van der Waals surface area contributed by atoms with Gasteiger partial charge in [0.2, 0.25) is 5.91 Å². The molecule has 0 spiro atoms. The van der Waals surface area contributed by atoms with Gasteiger partial charge in [0.15, 0.2) is 0 Å². The number of aromatic nitrogens is 2. The van der Waals surface area contributed by atoms with E-state index in [0.717, 1.165) is 16.9 Å². The number of rotatable bonds is 6. The Bertz CT molecular complexity index is 523. The first-order valence-corrected chi connectivity index (χ1v) is 6.30. The molecule has 0 fully saturated rings. The summed E-state index contributed by atoms with van der Waals surface area (Å²) in [5.74, 6) is -0.0322. The lowest BCUT2D eigenvalue weighted by molar-refractivity contribution is -0.116. The molecule has 0 unspecified atom stereocenters. The number of hydrogen-bond donors (Lipinski definition) is 3. The van der Waals surface area contributed by atoms with Gasteiger partial charge in [-0.2, -0.15) is 5.10 Å². The van der Waals surface area contributed by atoms with Crippen molar-refractivity contribution in [1.29, 1.82) is 0 Å². The van der Waals surface area contributed by atoms with Crippen LogP contribution >= 0.6 is 0 Å². The largest absolute Gasteiger partial charge is 0.396 e. The van der Waals surface area contributed by atoms with Gasteiger partial charge in [-0.3, -0.25) is 9.89 Å². The Morgan fingerprint density at radius 1 is 1.32 bits per heavy atom. The van der Waals surface area contributed by atoms with Crippen LogP contribution in [-0.4, -0.2) is 27.8 Å². The predicted octanol–water partition coefficient (Wildman–Crippen LogP) is 2.18. The Balaban J connectivity index is 1.97. The van der Waals surface area contributed by atoms with Gasteiger partial charge in [0.1, 0.15) is 0 Å². The average Bonchev–Trinajstić information content (AvgIpc) is 2.93. The maximum absolute atomic E-state index is 11.7. The van der Waals surface area contributed by atoms with Gasteiger partial charge in [-0.1, -0.05) is 12.1 Å². The van der Waals surface area contributed by atoms with Crippen molar-refractivity contribution in [3.8, 4) is 11.3 Å². The number of anilines is 1.